The van der Waals surface area contributed by atoms with Gasteiger partial charge in [-0.2, -0.15) is 8.42 Å². The molecule has 42 heavy (non-hydrogen) atoms. The van der Waals surface area contributed by atoms with Crippen LogP contribution in [0.1, 0.15) is 31.5 Å². The van der Waals surface area contributed by atoms with E-state index in [0.29, 0.717) is 50.9 Å². The van der Waals surface area contributed by atoms with Crippen LogP contribution >= 0.6 is 11.6 Å². The molecule has 1 atom stereocenters. The predicted molar refractivity (Wildman–Crippen MR) is 159 cm³/mol. The van der Waals surface area contributed by atoms with Crippen molar-refractivity contribution in [2.75, 3.05) is 18.5 Å². The van der Waals surface area contributed by atoms with Crippen LogP contribution in [0.15, 0.2) is 73.4 Å². The van der Waals surface area contributed by atoms with E-state index in [-0.39, 0.29) is 36.4 Å². The lowest BCUT2D eigenvalue weighted by Gasteiger charge is -2.28. The van der Waals surface area contributed by atoms with Gasteiger partial charge in [-0.05, 0) is 54.0 Å². The van der Waals surface area contributed by atoms with Gasteiger partial charge in [0.2, 0.25) is 10.3 Å². The number of pyridine rings is 1. The van der Waals surface area contributed by atoms with Gasteiger partial charge in [-0.1, -0.05) is 37.6 Å². The van der Waals surface area contributed by atoms with Gasteiger partial charge in [0, 0.05) is 17.5 Å². The van der Waals surface area contributed by atoms with E-state index >= 15 is 0 Å². The first-order chi connectivity index (χ1) is 20.2. The molecule has 5 rings (SSSR count). The molecule has 1 unspecified atom stereocenters. The SMILES string of the molecule is CC(C)C(COCC1(c2cc3c(Nc4ccc(OCc5cccc(F)c5)c(Cl)c4)ncnc3cn2)CC=CO1)=S(=O)=O. The molecule has 0 fully saturated rings. The number of benzene rings is 2. The van der Waals surface area contributed by atoms with Gasteiger partial charge in [-0.3, -0.25) is 4.98 Å². The van der Waals surface area contributed by atoms with Crippen molar-refractivity contribution >= 4 is 49.2 Å². The summed E-state index contributed by atoms with van der Waals surface area (Å²) in [4.78, 5) is 13.7. The number of ether oxygens (including phenoxy) is 3. The molecule has 1 N–H and O–H groups in total. The highest BCUT2D eigenvalue weighted by Crippen LogP contribution is 2.37. The molecule has 2 aromatic carbocycles. The molecule has 1 aliphatic heterocycles. The third kappa shape index (κ3) is 6.70. The summed E-state index contributed by atoms with van der Waals surface area (Å²) in [5.74, 6) is 0.473. The highest BCUT2D eigenvalue weighted by molar-refractivity contribution is 7.73. The molecule has 3 heterocycles. The van der Waals surface area contributed by atoms with Crippen LogP contribution in [0.4, 0.5) is 15.9 Å². The van der Waals surface area contributed by atoms with Crippen LogP contribution < -0.4 is 10.1 Å². The Morgan fingerprint density at radius 3 is 2.74 bits per heavy atom. The molecule has 4 aromatic rings. The number of nitrogens with one attached hydrogen (secondary N) is 1. The number of hydrogen-bond donors (Lipinski definition) is 1. The number of halogens is 2. The van der Waals surface area contributed by atoms with Crippen molar-refractivity contribution in [3.05, 3.63) is 95.5 Å². The zero-order valence-electron chi connectivity index (χ0n) is 22.9. The zero-order chi connectivity index (χ0) is 29.7. The molecule has 0 radical (unpaired) electrons. The summed E-state index contributed by atoms with van der Waals surface area (Å²) in [6.45, 7) is 3.83. The first kappa shape index (κ1) is 29.4. The number of rotatable bonds is 11. The molecule has 1 aliphatic rings. The second-order valence-electron chi connectivity index (χ2n) is 10.0. The molecule has 2 aromatic heterocycles. The molecule has 9 nitrogen and oxygen atoms in total. The number of nitrogens with zero attached hydrogens (tertiary/aromatic N) is 3. The number of fused-ring (bicyclic) bond motifs is 1. The van der Waals surface area contributed by atoms with Crippen LogP contribution in [0.25, 0.3) is 10.9 Å². The van der Waals surface area contributed by atoms with Gasteiger partial charge in [-0.25, -0.2) is 14.4 Å². The van der Waals surface area contributed by atoms with Crippen molar-refractivity contribution < 1.29 is 27.0 Å². The largest absolute Gasteiger partial charge is 0.487 e. The summed E-state index contributed by atoms with van der Waals surface area (Å²) in [5, 5.41) is 4.34. The van der Waals surface area contributed by atoms with Crippen LogP contribution in [-0.4, -0.2) is 41.4 Å². The van der Waals surface area contributed by atoms with E-state index in [1.54, 1.807) is 56.6 Å². The van der Waals surface area contributed by atoms with E-state index in [1.807, 2.05) is 12.1 Å². The van der Waals surface area contributed by atoms with Gasteiger partial charge in [0.25, 0.3) is 0 Å². The molecule has 0 spiro atoms. The zero-order valence-corrected chi connectivity index (χ0v) is 24.5. The standard InChI is InChI=1S/C30H28ClFN4O5S/c1-19(2)27(42(37)38)16-39-17-30(9-4-10-41-30)28-13-23-25(14-33-28)34-18-35-29(23)36-22-7-8-26(24(31)12-22)40-15-20-5-3-6-21(32)11-20/h3-8,10-14,18-19H,9,15-17H2,1-2H3,(H,34,35,36). The van der Waals surface area contributed by atoms with Crippen molar-refractivity contribution in [2.45, 2.75) is 32.5 Å². The monoisotopic (exact) mass is 610 g/mol. The van der Waals surface area contributed by atoms with Gasteiger partial charge in [-0.15, -0.1) is 0 Å². The van der Waals surface area contributed by atoms with Gasteiger partial charge >= 0.3 is 0 Å². The topological polar surface area (TPSA) is 113 Å². The van der Waals surface area contributed by atoms with E-state index in [0.717, 1.165) is 0 Å². The van der Waals surface area contributed by atoms with Gasteiger partial charge in [0.05, 0.1) is 46.8 Å². The second kappa shape index (κ2) is 12.8. The van der Waals surface area contributed by atoms with Gasteiger partial charge in [0.1, 0.15) is 30.3 Å². The van der Waals surface area contributed by atoms with Crippen LogP contribution in [0.2, 0.25) is 5.02 Å². The Balaban J connectivity index is 1.36. The third-order valence-corrected chi connectivity index (χ3v) is 8.05. The molecule has 0 amide bonds. The minimum Gasteiger partial charge on any atom is -0.487 e. The van der Waals surface area contributed by atoms with Crippen molar-refractivity contribution in [1.82, 2.24) is 15.0 Å². The second-order valence-corrected chi connectivity index (χ2v) is 11.4. The molecule has 0 aliphatic carbocycles. The van der Waals surface area contributed by atoms with Gasteiger partial charge < -0.3 is 19.5 Å². The Morgan fingerprint density at radius 2 is 2.02 bits per heavy atom. The van der Waals surface area contributed by atoms with Crippen LogP contribution in [0, 0.1) is 11.7 Å². The third-order valence-electron chi connectivity index (χ3n) is 6.74. The molecule has 218 valence electrons. The van der Waals surface area contributed by atoms with E-state index in [4.69, 9.17) is 25.8 Å². The number of anilines is 2. The number of aromatic nitrogens is 3. The van der Waals surface area contributed by atoms with E-state index < -0.39 is 15.9 Å². The Morgan fingerprint density at radius 1 is 1.17 bits per heavy atom. The van der Waals surface area contributed by atoms with Crippen LogP contribution in [0.3, 0.4) is 0 Å². The summed E-state index contributed by atoms with van der Waals surface area (Å²) in [7, 11) is -2.34. The molecular formula is C30H28ClFN4O5S. The summed E-state index contributed by atoms with van der Waals surface area (Å²) in [5.41, 5.74) is 1.62. The number of hydrogen-bond acceptors (Lipinski definition) is 9. The van der Waals surface area contributed by atoms with Gasteiger partial charge in [0.15, 0.2) is 5.60 Å². The molecule has 0 saturated carbocycles. The summed E-state index contributed by atoms with van der Waals surface area (Å²) in [6, 6.07) is 13.2. The highest BCUT2D eigenvalue weighted by Gasteiger charge is 2.38. The van der Waals surface area contributed by atoms with Crippen molar-refractivity contribution in [3.63, 3.8) is 0 Å². The maximum Gasteiger partial charge on any atom is 0.215 e. The molecular weight excluding hydrogens is 583 g/mol. The Bertz CT molecular complexity index is 1770. The summed E-state index contributed by atoms with van der Waals surface area (Å²) >= 11 is 6.49. The normalized spacial score (nSPS) is 16.0. The first-order valence-corrected chi connectivity index (χ1v) is 14.6. The van der Waals surface area contributed by atoms with E-state index in [9.17, 15) is 12.8 Å². The summed E-state index contributed by atoms with van der Waals surface area (Å²) in [6.07, 6.45) is 7.02. The molecule has 0 bridgehead atoms. The lowest BCUT2D eigenvalue weighted by atomic mass is 9.96. The maximum absolute atomic E-state index is 13.5. The quantitative estimate of drug-likeness (QED) is 0.205. The first-order valence-electron chi connectivity index (χ1n) is 13.1. The highest BCUT2D eigenvalue weighted by atomic mass is 35.5. The maximum atomic E-state index is 13.5. The smallest absolute Gasteiger partial charge is 0.215 e. The fourth-order valence-electron chi connectivity index (χ4n) is 4.45. The molecule has 12 heteroatoms. The van der Waals surface area contributed by atoms with Crippen LogP contribution in [-0.2, 0) is 32.0 Å². The van der Waals surface area contributed by atoms with Crippen molar-refractivity contribution in [3.8, 4) is 5.75 Å². The Hall–Kier alpha value is -4.06. The Labute approximate surface area is 248 Å². The van der Waals surface area contributed by atoms with Crippen molar-refractivity contribution in [1.29, 1.82) is 0 Å². The lowest BCUT2D eigenvalue weighted by molar-refractivity contribution is -0.0393. The minimum absolute atomic E-state index is 0.0366. The Kier molecular flexibility index (Phi) is 9.00. The summed E-state index contributed by atoms with van der Waals surface area (Å²) < 4.78 is 54.2. The van der Waals surface area contributed by atoms with E-state index in [1.165, 1.54) is 18.5 Å². The predicted octanol–water partition coefficient (Wildman–Crippen LogP) is 5.99. The lowest BCUT2D eigenvalue weighted by Crippen LogP contribution is -2.33. The fourth-order valence-corrected chi connectivity index (χ4v) is 5.25. The molecule has 0 saturated heterocycles. The average Bonchev–Trinajstić information content (AvgIpc) is 3.44. The fraction of sp³-hybridized carbons (Fsp3) is 0.267. The van der Waals surface area contributed by atoms with Crippen molar-refractivity contribution in [2.24, 2.45) is 5.92 Å². The van der Waals surface area contributed by atoms with Crippen LogP contribution in [0.5, 0.6) is 5.75 Å². The van der Waals surface area contributed by atoms with E-state index in [2.05, 4.69) is 20.3 Å². The minimum atomic E-state index is -2.34. The average molecular weight is 611 g/mol.